The number of benzene rings is 2. The van der Waals surface area contributed by atoms with Crippen molar-refractivity contribution in [3.8, 4) is 5.75 Å². The Morgan fingerprint density at radius 3 is 2.53 bits per heavy atom. The molecule has 0 N–H and O–H groups in total. The van der Waals surface area contributed by atoms with Gasteiger partial charge in [-0.1, -0.05) is 35.9 Å². The maximum atomic E-state index is 12.6. The Kier molecular flexibility index (Phi) is 6.99. The Morgan fingerprint density at radius 1 is 0.969 bits per heavy atom. The van der Waals surface area contributed by atoms with Crippen molar-refractivity contribution in [2.45, 2.75) is 32.2 Å². The van der Waals surface area contributed by atoms with E-state index in [0.29, 0.717) is 23.9 Å². The molecular weight excluding hydrogens is 406 g/mol. The van der Waals surface area contributed by atoms with Crippen LogP contribution in [0.2, 0.25) is 0 Å². The fourth-order valence-electron chi connectivity index (χ4n) is 4.13. The highest BCUT2D eigenvalue weighted by Crippen LogP contribution is 2.28. The van der Waals surface area contributed by atoms with Gasteiger partial charge in [-0.2, -0.15) is 0 Å². The molecule has 1 aliphatic rings. The van der Waals surface area contributed by atoms with Crippen molar-refractivity contribution in [1.82, 2.24) is 19.9 Å². The van der Waals surface area contributed by atoms with Gasteiger partial charge in [-0.05, 0) is 37.1 Å². The summed E-state index contributed by atoms with van der Waals surface area (Å²) in [7, 11) is 1.68. The van der Waals surface area contributed by atoms with Crippen molar-refractivity contribution >= 4 is 22.5 Å². The Hall–Kier alpha value is -3.42. The number of unbranched alkanes of at least 4 members (excludes halogenated alkanes) is 2. The third kappa shape index (κ3) is 4.90. The molecule has 3 aromatic rings. The molecule has 2 aromatic carbocycles. The Balaban J connectivity index is 1.19. The number of carbonyl (C=O) groups excluding carboxylic acids is 1. The van der Waals surface area contributed by atoms with E-state index < -0.39 is 0 Å². The van der Waals surface area contributed by atoms with Crippen molar-refractivity contribution in [1.29, 1.82) is 0 Å². The van der Waals surface area contributed by atoms with Crippen LogP contribution in [0.4, 0.5) is 5.69 Å². The maximum Gasteiger partial charge on any atom is 0.277 e. The summed E-state index contributed by atoms with van der Waals surface area (Å²) in [6.07, 6.45) is 3.00. The number of aromatic nitrogens is 3. The van der Waals surface area contributed by atoms with Gasteiger partial charge in [-0.25, -0.2) is 4.68 Å². The van der Waals surface area contributed by atoms with Crippen LogP contribution in [0.15, 0.2) is 53.3 Å². The standard InChI is InChI=1S/C24H29N5O3/c1-32-22-12-7-6-11-21(22)27-15-17-28(18-16-27)23(30)13-3-2-8-14-29-24(31)19-9-4-5-10-20(19)25-26-29/h4-7,9-12H,2-3,8,13-18H2,1H3. The number of para-hydroxylation sites is 2. The van der Waals surface area contributed by atoms with Gasteiger partial charge in [0.25, 0.3) is 5.56 Å². The quantitative estimate of drug-likeness (QED) is 0.506. The van der Waals surface area contributed by atoms with Gasteiger partial charge in [-0.3, -0.25) is 9.59 Å². The SMILES string of the molecule is COc1ccccc1N1CCN(C(=O)CCCCCn2nnc3ccccc3c2=O)CC1. The first kappa shape index (κ1) is 21.8. The minimum atomic E-state index is -0.111. The van der Waals surface area contributed by atoms with E-state index in [-0.39, 0.29) is 11.5 Å². The molecule has 1 fully saturated rings. The van der Waals surface area contributed by atoms with Gasteiger partial charge in [0, 0.05) is 39.1 Å². The summed E-state index contributed by atoms with van der Waals surface area (Å²) in [5.74, 6) is 1.06. The number of amides is 1. The first-order valence-corrected chi connectivity index (χ1v) is 11.2. The number of fused-ring (bicyclic) bond motifs is 1. The van der Waals surface area contributed by atoms with Crippen molar-refractivity contribution in [2.24, 2.45) is 0 Å². The molecule has 1 aliphatic heterocycles. The highest BCUT2D eigenvalue weighted by Gasteiger charge is 2.22. The lowest BCUT2D eigenvalue weighted by Gasteiger charge is -2.36. The van der Waals surface area contributed by atoms with Gasteiger partial charge in [-0.15, -0.1) is 5.10 Å². The molecule has 1 aromatic heterocycles. The van der Waals surface area contributed by atoms with Crippen LogP contribution in [-0.4, -0.2) is 59.1 Å². The summed E-state index contributed by atoms with van der Waals surface area (Å²) in [5, 5.41) is 8.72. The number of carbonyl (C=O) groups is 1. The number of ether oxygens (including phenoxy) is 1. The molecule has 0 atom stereocenters. The molecule has 1 amide bonds. The number of nitrogens with zero attached hydrogens (tertiary/aromatic N) is 5. The predicted molar refractivity (Wildman–Crippen MR) is 124 cm³/mol. The van der Waals surface area contributed by atoms with Crippen molar-refractivity contribution < 1.29 is 9.53 Å². The molecule has 168 valence electrons. The molecule has 0 spiro atoms. The lowest BCUT2D eigenvalue weighted by atomic mass is 10.1. The van der Waals surface area contributed by atoms with Crippen molar-refractivity contribution in [2.75, 3.05) is 38.2 Å². The van der Waals surface area contributed by atoms with Gasteiger partial charge in [0.05, 0.1) is 18.2 Å². The summed E-state index contributed by atoms with van der Waals surface area (Å²) in [4.78, 5) is 29.3. The van der Waals surface area contributed by atoms with Gasteiger partial charge in [0.15, 0.2) is 0 Å². The Labute approximate surface area is 187 Å². The average molecular weight is 436 g/mol. The summed E-state index contributed by atoms with van der Waals surface area (Å²) in [5.41, 5.74) is 1.58. The second kappa shape index (κ2) is 10.3. The lowest BCUT2D eigenvalue weighted by Crippen LogP contribution is -2.48. The van der Waals surface area contributed by atoms with Crippen LogP contribution in [0.5, 0.6) is 5.75 Å². The lowest BCUT2D eigenvalue weighted by molar-refractivity contribution is -0.131. The summed E-state index contributed by atoms with van der Waals surface area (Å²) >= 11 is 0. The second-order valence-electron chi connectivity index (χ2n) is 7.99. The minimum Gasteiger partial charge on any atom is -0.495 e. The number of rotatable bonds is 8. The largest absolute Gasteiger partial charge is 0.495 e. The Morgan fingerprint density at radius 2 is 1.72 bits per heavy atom. The third-order valence-electron chi connectivity index (χ3n) is 5.95. The fourth-order valence-corrected chi connectivity index (χ4v) is 4.13. The zero-order valence-electron chi connectivity index (χ0n) is 18.4. The molecule has 0 unspecified atom stereocenters. The number of aryl methyl sites for hydroxylation is 1. The molecule has 0 saturated carbocycles. The molecule has 0 bridgehead atoms. The van der Waals surface area contributed by atoms with Crippen LogP contribution in [0.3, 0.4) is 0 Å². The molecule has 0 radical (unpaired) electrons. The second-order valence-corrected chi connectivity index (χ2v) is 7.99. The summed E-state index contributed by atoms with van der Waals surface area (Å²) in [6, 6.07) is 15.2. The Bertz CT molecular complexity index is 1120. The van der Waals surface area contributed by atoms with E-state index >= 15 is 0 Å². The molecule has 8 heteroatoms. The van der Waals surface area contributed by atoms with Crippen LogP contribution >= 0.6 is 0 Å². The van der Waals surface area contributed by atoms with Crippen LogP contribution in [0.1, 0.15) is 25.7 Å². The van der Waals surface area contributed by atoms with Crippen molar-refractivity contribution in [3.05, 3.63) is 58.9 Å². The van der Waals surface area contributed by atoms with E-state index in [4.69, 9.17) is 4.74 Å². The number of anilines is 1. The highest BCUT2D eigenvalue weighted by molar-refractivity contribution is 5.77. The van der Waals surface area contributed by atoms with Crippen LogP contribution < -0.4 is 15.2 Å². The molecular formula is C24H29N5O3. The fraction of sp³-hybridized carbons (Fsp3) is 0.417. The molecule has 4 rings (SSSR count). The number of methoxy groups -OCH3 is 1. The van der Waals surface area contributed by atoms with E-state index in [1.807, 2.05) is 35.2 Å². The first-order valence-electron chi connectivity index (χ1n) is 11.2. The zero-order valence-corrected chi connectivity index (χ0v) is 18.4. The molecule has 0 aliphatic carbocycles. The molecule has 32 heavy (non-hydrogen) atoms. The molecule has 1 saturated heterocycles. The van der Waals surface area contributed by atoms with E-state index in [1.165, 1.54) is 4.68 Å². The minimum absolute atomic E-state index is 0.111. The van der Waals surface area contributed by atoms with E-state index in [1.54, 1.807) is 19.2 Å². The number of piperazine rings is 1. The summed E-state index contributed by atoms with van der Waals surface area (Å²) < 4.78 is 6.88. The highest BCUT2D eigenvalue weighted by atomic mass is 16.5. The van der Waals surface area contributed by atoms with Crippen LogP contribution in [0.25, 0.3) is 10.9 Å². The van der Waals surface area contributed by atoms with Gasteiger partial charge >= 0.3 is 0 Å². The van der Waals surface area contributed by atoms with E-state index in [0.717, 1.165) is 56.9 Å². The number of hydrogen-bond donors (Lipinski definition) is 0. The topological polar surface area (TPSA) is 80.6 Å². The zero-order chi connectivity index (χ0) is 22.3. The maximum absolute atomic E-state index is 12.6. The van der Waals surface area contributed by atoms with Crippen molar-refractivity contribution in [3.63, 3.8) is 0 Å². The average Bonchev–Trinajstić information content (AvgIpc) is 2.85. The normalized spacial score (nSPS) is 14.0. The van der Waals surface area contributed by atoms with E-state index in [2.05, 4.69) is 21.3 Å². The molecule has 2 heterocycles. The first-order chi connectivity index (χ1) is 15.7. The predicted octanol–water partition coefficient (Wildman–Crippen LogP) is 2.71. The third-order valence-corrected chi connectivity index (χ3v) is 5.95. The smallest absolute Gasteiger partial charge is 0.277 e. The summed E-state index contributed by atoms with van der Waals surface area (Å²) in [6.45, 7) is 3.56. The monoisotopic (exact) mass is 435 g/mol. The van der Waals surface area contributed by atoms with Crippen LogP contribution in [0, 0.1) is 0 Å². The van der Waals surface area contributed by atoms with Gasteiger partial charge < -0.3 is 14.5 Å². The van der Waals surface area contributed by atoms with Crippen LogP contribution in [-0.2, 0) is 11.3 Å². The van der Waals surface area contributed by atoms with Gasteiger partial charge in [0.1, 0.15) is 11.3 Å². The number of hydrogen-bond acceptors (Lipinski definition) is 6. The van der Waals surface area contributed by atoms with E-state index in [9.17, 15) is 9.59 Å². The van der Waals surface area contributed by atoms with Gasteiger partial charge in [0.2, 0.25) is 5.91 Å². The molecule has 8 nitrogen and oxygen atoms in total.